The van der Waals surface area contributed by atoms with E-state index in [0.29, 0.717) is 29.4 Å². The van der Waals surface area contributed by atoms with Gasteiger partial charge in [-0.1, -0.05) is 29.8 Å². The molecule has 2 amide bonds. The fourth-order valence-electron chi connectivity index (χ4n) is 3.77. The molecule has 0 bridgehead atoms. The Morgan fingerprint density at radius 1 is 1.03 bits per heavy atom. The number of hydrogen-bond donors (Lipinski definition) is 1. The summed E-state index contributed by atoms with van der Waals surface area (Å²) in [5.41, 5.74) is 2.64. The monoisotopic (exact) mass is 412 g/mol. The van der Waals surface area contributed by atoms with E-state index in [4.69, 9.17) is 14.2 Å². The first-order valence-electron chi connectivity index (χ1n) is 9.92. The molecular weight excluding hydrogens is 384 g/mol. The molecule has 0 spiro atoms. The van der Waals surface area contributed by atoms with Gasteiger partial charge in [0, 0.05) is 12.1 Å². The molecule has 1 fully saturated rings. The lowest BCUT2D eigenvalue weighted by molar-refractivity contribution is -0.131. The molecule has 1 saturated heterocycles. The summed E-state index contributed by atoms with van der Waals surface area (Å²) in [7, 11) is 4.47. The van der Waals surface area contributed by atoms with Crippen LogP contribution in [0.3, 0.4) is 0 Å². The number of benzene rings is 2. The number of amides is 2. The normalized spacial score (nSPS) is 15.6. The minimum Gasteiger partial charge on any atom is -0.493 e. The Labute approximate surface area is 176 Å². The van der Waals surface area contributed by atoms with Crippen LogP contribution in [-0.4, -0.2) is 51.1 Å². The van der Waals surface area contributed by atoms with Gasteiger partial charge >= 0.3 is 0 Å². The number of methoxy groups -OCH3 is 3. The number of aryl methyl sites for hydroxylation is 1. The second-order valence-electron chi connectivity index (χ2n) is 7.25. The number of nitrogens with zero attached hydrogens (tertiary/aromatic N) is 1. The van der Waals surface area contributed by atoms with Crippen LogP contribution in [0.1, 0.15) is 40.4 Å². The van der Waals surface area contributed by atoms with Gasteiger partial charge in [-0.25, -0.2) is 0 Å². The molecule has 160 valence electrons. The van der Waals surface area contributed by atoms with Gasteiger partial charge in [-0.3, -0.25) is 9.59 Å². The standard InChI is InChI=1S/C23H28N2O5/c1-15-7-9-16(10-8-15)18-6-5-11-25(18)21(26)14-24-23(27)17-12-19(28-2)22(30-4)20(13-17)29-3/h7-10,12-13,18H,5-6,11,14H2,1-4H3,(H,24,27). The minimum atomic E-state index is -0.381. The van der Waals surface area contributed by atoms with E-state index in [2.05, 4.69) is 29.6 Å². The van der Waals surface area contributed by atoms with Crippen LogP contribution >= 0.6 is 0 Å². The van der Waals surface area contributed by atoms with Crippen molar-refractivity contribution >= 4 is 11.8 Å². The Morgan fingerprint density at radius 2 is 1.67 bits per heavy atom. The number of rotatable bonds is 7. The van der Waals surface area contributed by atoms with Gasteiger partial charge in [-0.2, -0.15) is 0 Å². The van der Waals surface area contributed by atoms with E-state index in [1.165, 1.54) is 26.9 Å². The van der Waals surface area contributed by atoms with Crippen LogP contribution in [-0.2, 0) is 4.79 Å². The van der Waals surface area contributed by atoms with Gasteiger partial charge in [0.05, 0.1) is 33.9 Å². The largest absolute Gasteiger partial charge is 0.493 e. The molecule has 1 unspecified atom stereocenters. The van der Waals surface area contributed by atoms with Crippen LogP contribution in [0.25, 0.3) is 0 Å². The van der Waals surface area contributed by atoms with Crippen LogP contribution < -0.4 is 19.5 Å². The van der Waals surface area contributed by atoms with Crippen LogP contribution in [0.2, 0.25) is 0 Å². The maximum Gasteiger partial charge on any atom is 0.251 e. The van der Waals surface area contributed by atoms with Gasteiger partial charge in [0.2, 0.25) is 11.7 Å². The molecule has 1 aliphatic heterocycles. The highest BCUT2D eigenvalue weighted by molar-refractivity contribution is 5.97. The highest BCUT2D eigenvalue weighted by Gasteiger charge is 2.30. The third-order valence-electron chi connectivity index (χ3n) is 5.36. The van der Waals surface area contributed by atoms with Crippen molar-refractivity contribution in [2.24, 2.45) is 0 Å². The Bertz CT molecular complexity index is 885. The van der Waals surface area contributed by atoms with Gasteiger partial charge in [0.25, 0.3) is 5.91 Å². The van der Waals surface area contributed by atoms with E-state index >= 15 is 0 Å². The molecule has 0 aromatic heterocycles. The summed E-state index contributed by atoms with van der Waals surface area (Å²) >= 11 is 0. The zero-order valence-corrected chi connectivity index (χ0v) is 17.9. The summed E-state index contributed by atoms with van der Waals surface area (Å²) in [4.78, 5) is 27.3. The van der Waals surface area contributed by atoms with Crippen molar-refractivity contribution in [2.45, 2.75) is 25.8 Å². The summed E-state index contributed by atoms with van der Waals surface area (Å²) in [5, 5.41) is 2.71. The van der Waals surface area contributed by atoms with Crippen molar-refractivity contribution in [1.29, 1.82) is 0 Å². The third kappa shape index (κ3) is 4.50. The zero-order chi connectivity index (χ0) is 21.7. The predicted octanol–water partition coefficient (Wildman–Crippen LogP) is 3.11. The fraction of sp³-hybridized carbons (Fsp3) is 0.391. The van der Waals surface area contributed by atoms with Crippen molar-refractivity contribution in [1.82, 2.24) is 10.2 Å². The first-order valence-corrected chi connectivity index (χ1v) is 9.92. The average Bonchev–Trinajstić information content (AvgIpc) is 3.26. The highest BCUT2D eigenvalue weighted by Crippen LogP contribution is 2.38. The first-order chi connectivity index (χ1) is 14.5. The Hall–Kier alpha value is -3.22. The molecule has 1 heterocycles. The lowest BCUT2D eigenvalue weighted by Gasteiger charge is -2.25. The van der Waals surface area contributed by atoms with E-state index in [1.807, 2.05) is 11.8 Å². The minimum absolute atomic E-state index is 0.0520. The predicted molar refractivity (Wildman–Crippen MR) is 113 cm³/mol. The van der Waals surface area contributed by atoms with Crippen LogP contribution in [0.5, 0.6) is 17.2 Å². The molecule has 3 rings (SSSR count). The van der Waals surface area contributed by atoms with Gasteiger partial charge in [0.15, 0.2) is 11.5 Å². The molecule has 7 nitrogen and oxygen atoms in total. The molecule has 2 aromatic carbocycles. The molecule has 0 aliphatic carbocycles. The zero-order valence-electron chi connectivity index (χ0n) is 17.9. The number of nitrogens with one attached hydrogen (secondary N) is 1. The van der Waals surface area contributed by atoms with Gasteiger partial charge < -0.3 is 24.4 Å². The van der Waals surface area contributed by atoms with Gasteiger partial charge in [0.1, 0.15) is 0 Å². The van der Waals surface area contributed by atoms with Crippen molar-refractivity contribution in [2.75, 3.05) is 34.4 Å². The maximum atomic E-state index is 12.8. The Kier molecular flexibility index (Phi) is 6.82. The number of carbonyl (C=O) groups excluding carboxylic acids is 2. The molecular formula is C23H28N2O5. The maximum absolute atomic E-state index is 12.8. The highest BCUT2D eigenvalue weighted by atomic mass is 16.5. The smallest absolute Gasteiger partial charge is 0.251 e. The van der Waals surface area contributed by atoms with E-state index in [-0.39, 0.29) is 24.4 Å². The molecule has 1 aliphatic rings. The Balaban J connectivity index is 1.68. The molecule has 2 aromatic rings. The summed E-state index contributed by atoms with van der Waals surface area (Å²) in [6.07, 6.45) is 1.88. The number of hydrogen-bond acceptors (Lipinski definition) is 5. The van der Waals surface area contributed by atoms with E-state index in [9.17, 15) is 9.59 Å². The second-order valence-corrected chi connectivity index (χ2v) is 7.25. The number of likely N-dealkylation sites (tertiary alicyclic amines) is 1. The van der Waals surface area contributed by atoms with Crippen LogP contribution in [0.15, 0.2) is 36.4 Å². The molecule has 30 heavy (non-hydrogen) atoms. The lowest BCUT2D eigenvalue weighted by Crippen LogP contribution is -2.39. The average molecular weight is 412 g/mol. The van der Waals surface area contributed by atoms with Gasteiger partial charge in [-0.05, 0) is 37.5 Å². The molecule has 1 N–H and O–H groups in total. The summed E-state index contributed by atoms with van der Waals surface area (Å²) < 4.78 is 15.9. The van der Waals surface area contributed by atoms with Gasteiger partial charge in [-0.15, -0.1) is 0 Å². The van der Waals surface area contributed by atoms with Crippen molar-refractivity contribution in [3.63, 3.8) is 0 Å². The van der Waals surface area contributed by atoms with Crippen molar-refractivity contribution in [3.8, 4) is 17.2 Å². The number of carbonyl (C=O) groups is 2. The van der Waals surface area contributed by atoms with E-state index in [0.717, 1.165) is 18.4 Å². The number of ether oxygens (including phenoxy) is 3. The summed E-state index contributed by atoms with van der Waals surface area (Å²) in [5.74, 6) is 0.692. The molecule has 0 radical (unpaired) electrons. The lowest BCUT2D eigenvalue weighted by atomic mass is 10.0. The Morgan fingerprint density at radius 3 is 2.23 bits per heavy atom. The quantitative estimate of drug-likeness (QED) is 0.756. The molecule has 0 saturated carbocycles. The van der Waals surface area contributed by atoms with Crippen molar-refractivity contribution in [3.05, 3.63) is 53.1 Å². The first kappa shape index (κ1) is 21.5. The fourth-order valence-corrected chi connectivity index (χ4v) is 3.77. The third-order valence-corrected chi connectivity index (χ3v) is 5.36. The van der Waals surface area contributed by atoms with E-state index < -0.39 is 0 Å². The molecule has 1 atom stereocenters. The van der Waals surface area contributed by atoms with Crippen LogP contribution in [0.4, 0.5) is 0 Å². The second kappa shape index (κ2) is 9.52. The van der Waals surface area contributed by atoms with E-state index in [1.54, 1.807) is 12.1 Å². The molecule has 7 heteroatoms. The summed E-state index contributed by atoms with van der Waals surface area (Å²) in [6, 6.07) is 11.4. The van der Waals surface area contributed by atoms with Crippen molar-refractivity contribution < 1.29 is 23.8 Å². The summed E-state index contributed by atoms with van der Waals surface area (Å²) in [6.45, 7) is 2.66. The van der Waals surface area contributed by atoms with Crippen LogP contribution in [0, 0.1) is 6.92 Å². The topological polar surface area (TPSA) is 77.1 Å². The SMILES string of the molecule is COc1cc(C(=O)NCC(=O)N2CCCC2c2ccc(C)cc2)cc(OC)c1OC.